The molecule has 3 N–H and O–H groups in total. The number of hydrogen-bond acceptors (Lipinski definition) is 5. The Bertz CT molecular complexity index is 143. The summed E-state index contributed by atoms with van der Waals surface area (Å²) in [5, 5.41) is 23.9. The number of aliphatic hydroxyl groups excluding tert-OH is 1. The van der Waals surface area contributed by atoms with Gasteiger partial charge in [0.1, 0.15) is 5.57 Å². The van der Waals surface area contributed by atoms with E-state index in [1.165, 1.54) is 0 Å². The molecule has 0 fully saturated rings. The average Bonchev–Trinajstić information content (AvgIpc) is 1.84. The van der Waals surface area contributed by atoms with Crippen LogP contribution >= 0.6 is 0 Å². The first-order chi connectivity index (χ1) is 4.09. The van der Waals surface area contributed by atoms with Crippen LogP contribution in [0.4, 0.5) is 0 Å². The molecule has 5 nitrogen and oxygen atoms in total. The van der Waals surface area contributed by atoms with Crippen molar-refractivity contribution in [3.63, 3.8) is 0 Å². The highest BCUT2D eigenvalue weighted by Crippen LogP contribution is 1.97. The molecular weight excluding hydrogens is 128 g/mol. The van der Waals surface area contributed by atoms with Gasteiger partial charge in [0.05, 0.1) is 0 Å². The van der Waals surface area contributed by atoms with E-state index in [2.05, 4.69) is 4.89 Å². The van der Waals surface area contributed by atoms with Crippen LogP contribution in [0.5, 0.6) is 0 Å². The Kier molecular flexibility index (Phi) is 2.53. The van der Waals surface area contributed by atoms with Gasteiger partial charge in [-0.05, 0) is 6.92 Å². The van der Waals surface area contributed by atoms with Crippen LogP contribution in [-0.4, -0.2) is 21.4 Å². The highest BCUT2D eigenvalue weighted by molar-refractivity contribution is 5.87. The van der Waals surface area contributed by atoms with Crippen LogP contribution in [-0.2, 0) is 9.68 Å². The zero-order valence-corrected chi connectivity index (χ0v) is 4.66. The monoisotopic (exact) mass is 134 g/mol. The second-order valence-electron chi connectivity index (χ2n) is 1.33. The summed E-state index contributed by atoms with van der Waals surface area (Å²) < 4.78 is 0. The van der Waals surface area contributed by atoms with Crippen molar-refractivity contribution in [2.75, 3.05) is 0 Å². The van der Waals surface area contributed by atoms with Gasteiger partial charge in [0.25, 0.3) is 5.95 Å². The molecule has 0 atom stereocenters. The minimum Gasteiger partial charge on any atom is -0.481 e. The normalized spacial score (nSPS) is 8.22. The van der Waals surface area contributed by atoms with Crippen molar-refractivity contribution >= 4 is 5.97 Å². The van der Waals surface area contributed by atoms with Crippen LogP contribution in [0.3, 0.4) is 0 Å². The Labute approximate surface area is 50.7 Å². The van der Waals surface area contributed by atoms with E-state index in [-0.39, 0.29) is 0 Å². The summed E-state index contributed by atoms with van der Waals surface area (Å²) in [5.41, 5.74) is -0.447. The molecule has 0 heterocycles. The van der Waals surface area contributed by atoms with Gasteiger partial charge in [-0.1, -0.05) is 0 Å². The van der Waals surface area contributed by atoms with E-state index >= 15 is 0 Å². The lowest BCUT2D eigenvalue weighted by atomic mass is 10.3. The lowest BCUT2D eigenvalue weighted by Crippen LogP contribution is -2.04. The molecule has 0 unspecified atom stereocenters. The molecule has 0 aromatic carbocycles. The van der Waals surface area contributed by atoms with E-state index in [9.17, 15) is 4.79 Å². The molecule has 0 aliphatic carbocycles. The molecular formula is C4H6O5. The van der Waals surface area contributed by atoms with Crippen molar-refractivity contribution in [1.29, 1.82) is 0 Å². The second kappa shape index (κ2) is 2.93. The molecule has 52 valence electrons. The smallest absolute Gasteiger partial charge is 0.375 e. The molecule has 0 spiro atoms. The molecule has 0 aromatic heterocycles. The van der Waals surface area contributed by atoms with Crippen molar-refractivity contribution in [3.05, 3.63) is 11.5 Å². The summed E-state index contributed by atoms with van der Waals surface area (Å²) in [6, 6.07) is 0. The van der Waals surface area contributed by atoms with Crippen molar-refractivity contribution in [2.24, 2.45) is 0 Å². The fourth-order valence-corrected chi connectivity index (χ4v) is 0.160. The van der Waals surface area contributed by atoms with E-state index in [0.29, 0.717) is 0 Å². The number of carbonyl (C=O) groups is 1. The molecule has 0 saturated carbocycles. The summed E-state index contributed by atoms with van der Waals surface area (Å²) >= 11 is 0. The number of aliphatic hydroxyl groups is 2. The van der Waals surface area contributed by atoms with Gasteiger partial charge in [0, 0.05) is 0 Å². The molecule has 0 rings (SSSR count). The first-order valence-electron chi connectivity index (χ1n) is 2.04. The molecule has 9 heavy (non-hydrogen) atoms. The first kappa shape index (κ1) is 7.77. The van der Waals surface area contributed by atoms with Gasteiger partial charge >= 0.3 is 5.97 Å². The lowest BCUT2D eigenvalue weighted by molar-refractivity contribution is -0.229. The zero-order valence-electron chi connectivity index (χ0n) is 4.66. The van der Waals surface area contributed by atoms with Crippen LogP contribution in [0.25, 0.3) is 0 Å². The van der Waals surface area contributed by atoms with Gasteiger partial charge in [-0.2, -0.15) is 5.26 Å². The molecule has 0 aliphatic rings. The van der Waals surface area contributed by atoms with E-state index in [4.69, 9.17) is 15.5 Å². The minimum atomic E-state index is -1.19. The van der Waals surface area contributed by atoms with Crippen LogP contribution in [0, 0.1) is 0 Å². The molecule has 0 aromatic rings. The standard InChI is InChI=1S/C4H6O5/c1-2(3(5)6)4(7)9-8/h5-6,8H,1H3. The topological polar surface area (TPSA) is 87.0 Å². The lowest BCUT2D eigenvalue weighted by Gasteiger charge is -1.93. The van der Waals surface area contributed by atoms with Gasteiger partial charge in [0.2, 0.25) is 0 Å². The maximum Gasteiger partial charge on any atom is 0.375 e. The van der Waals surface area contributed by atoms with Gasteiger partial charge in [-0.3, -0.25) is 4.89 Å². The van der Waals surface area contributed by atoms with Crippen LogP contribution < -0.4 is 0 Å². The maximum atomic E-state index is 10.1. The summed E-state index contributed by atoms with van der Waals surface area (Å²) in [6.45, 7) is 1.09. The van der Waals surface area contributed by atoms with E-state index in [0.717, 1.165) is 6.92 Å². The molecule has 0 saturated heterocycles. The Morgan fingerprint density at radius 1 is 1.44 bits per heavy atom. The molecule has 5 heteroatoms. The summed E-state index contributed by atoms with van der Waals surface area (Å²) in [7, 11) is 0. The van der Waals surface area contributed by atoms with E-state index in [1.54, 1.807) is 0 Å². The van der Waals surface area contributed by atoms with Crippen molar-refractivity contribution in [1.82, 2.24) is 0 Å². The number of carbonyl (C=O) groups excluding carboxylic acids is 1. The van der Waals surface area contributed by atoms with Gasteiger partial charge < -0.3 is 10.2 Å². The van der Waals surface area contributed by atoms with Crippen LogP contribution in [0.15, 0.2) is 11.5 Å². The third kappa shape index (κ3) is 2.00. The summed E-state index contributed by atoms with van der Waals surface area (Å²) in [6.07, 6.45) is 0. The third-order valence-corrected chi connectivity index (χ3v) is 0.725. The Balaban J connectivity index is 4.21. The fourth-order valence-electron chi connectivity index (χ4n) is 0.160. The Hall–Kier alpha value is -1.23. The SMILES string of the molecule is CC(C(=O)OO)=C(O)O. The van der Waals surface area contributed by atoms with Crippen LogP contribution in [0.2, 0.25) is 0 Å². The highest BCUT2D eigenvalue weighted by atomic mass is 17.1. The van der Waals surface area contributed by atoms with Crippen molar-refractivity contribution in [2.45, 2.75) is 6.92 Å². The third-order valence-electron chi connectivity index (χ3n) is 0.725. The van der Waals surface area contributed by atoms with Crippen molar-refractivity contribution < 1.29 is 25.2 Å². The zero-order chi connectivity index (χ0) is 7.44. The second-order valence-corrected chi connectivity index (χ2v) is 1.33. The highest BCUT2D eigenvalue weighted by Gasteiger charge is 2.09. The minimum absolute atomic E-state index is 0.447. The quantitative estimate of drug-likeness (QED) is 0.208. The van der Waals surface area contributed by atoms with E-state index in [1.807, 2.05) is 0 Å². The molecule has 0 radical (unpaired) electrons. The van der Waals surface area contributed by atoms with Gasteiger partial charge in [-0.25, -0.2) is 4.79 Å². The maximum absolute atomic E-state index is 10.1. The Morgan fingerprint density at radius 3 is 2.00 bits per heavy atom. The Morgan fingerprint density at radius 2 is 1.89 bits per heavy atom. The van der Waals surface area contributed by atoms with Gasteiger partial charge in [-0.15, -0.1) is 0 Å². The fraction of sp³-hybridized carbons (Fsp3) is 0.250. The van der Waals surface area contributed by atoms with Crippen molar-refractivity contribution in [3.8, 4) is 0 Å². The van der Waals surface area contributed by atoms with E-state index < -0.39 is 17.5 Å². The number of hydrogen-bond donors (Lipinski definition) is 3. The molecule has 0 aliphatic heterocycles. The van der Waals surface area contributed by atoms with Gasteiger partial charge in [0.15, 0.2) is 0 Å². The molecule has 0 amide bonds. The summed E-state index contributed by atoms with van der Waals surface area (Å²) in [4.78, 5) is 13.3. The molecule has 0 bridgehead atoms. The predicted octanol–water partition coefficient (Wildman–Crippen LogP) is 0.350. The first-order valence-corrected chi connectivity index (χ1v) is 2.04. The average molecular weight is 134 g/mol. The number of rotatable bonds is 1. The summed E-state index contributed by atoms with van der Waals surface area (Å²) in [5.74, 6) is -2.34. The largest absolute Gasteiger partial charge is 0.481 e. The predicted molar refractivity (Wildman–Crippen MR) is 26.7 cm³/mol. The van der Waals surface area contributed by atoms with Crippen LogP contribution in [0.1, 0.15) is 6.92 Å².